The van der Waals surface area contributed by atoms with Gasteiger partial charge in [0.1, 0.15) is 6.21 Å². The van der Waals surface area contributed by atoms with E-state index in [0.29, 0.717) is 5.56 Å². The van der Waals surface area contributed by atoms with Gasteiger partial charge >= 0.3 is 0 Å². The second kappa shape index (κ2) is 8.07. The fourth-order valence-corrected chi connectivity index (χ4v) is 4.00. The van der Waals surface area contributed by atoms with Crippen LogP contribution in [-0.2, 0) is 4.79 Å². The Kier molecular flexibility index (Phi) is 5.17. The van der Waals surface area contributed by atoms with Gasteiger partial charge in [-0.05, 0) is 30.3 Å². The van der Waals surface area contributed by atoms with Gasteiger partial charge in [0.05, 0.1) is 28.1 Å². The zero-order valence-corrected chi connectivity index (χ0v) is 15.8. The van der Waals surface area contributed by atoms with Crippen molar-refractivity contribution in [2.24, 2.45) is 10.2 Å². The molecule has 0 N–H and O–H groups in total. The van der Waals surface area contributed by atoms with Crippen molar-refractivity contribution in [3.05, 3.63) is 88.5 Å². The molecule has 0 aromatic heterocycles. The molecule has 0 spiro atoms. The van der Waals surface area contributed by atoms with Gasteiger partial charge in [0.25, 0.3) is 11.6 Å². The lowest BCUT2D eigenvalue weighted by Crippen LogP contribution is -2.29. The van der Waals surface area contributed by atoms with Crippen molar-refractivity contribution in [1.29, 1.82) is 0 Å². The molecule has 0 saturated carbocycles. The molecular formula is C21H14N4O3S. The van der Waals surface area contributed by atoms with E-state index in [1.54, 1.807) is 34.9 Å². The average molecular weight is 402 g/mol. The molecule has 0 aliphatic carbocycles. The van der Waals surface area contributed by atoms with Crippen LogP contribution in [0.25, 0.3) is 0 Å². The number of carbonyl (C=O) groups is 1. The van der Waals surface area contributed by atoms with Gasteiger partial charge in [0.15, 0.2) is 0 Å². The number of rotatable bonds is 4. The summed E-state index contributed by atoms with van der Waals surface area (Å²) in [4.78, 5) is 27.0. The first-order chi connectivity index (χ1) is 14.1. The summed E-state index contributed by atoms with van der Waals surface area (Å²) in [6.45, 7) is 0. The maximum atomic E-state index is 12.9. The molecule has 3 aromatic carbocycles. The summed E-state index contributed by atoms with van der Waals surface area (Å²) in [6, 6.07) is 21.5. The first kappa shape index (κ1) is 18.6. The number of carbonyl (C=O) groups excluding carboxylic acids is 1. The van der Waals surface area contributed by atoms with E-state index in [1.807, 2.05) is 48.5 Å². The van der Waals surface area contributed by atoms with E-state index in [1.165, 1.54) is 12.3 Å². The van der Waals surface area contributed by atoms with Crippen molar-refractivity contribution < 1.29 is 9.72 Å². The van der Waals surface area contributed by atoms with E-state index in [-0.39, 0.29) is 11.6 Å². The number of nitrogens with zero attached hydrogens (tertiary/aromatic N) is 4. The number of nitro benzene ring substituents is 1. The predicted octanol–water partition coefficient (Wildman–Crippen LogP) is 4.83. The number of hydrogen-bond donors (Lipinski definition) is 0. The minimum absolute atomic E-state index is 0.0753. The van der Waals surface area contributed by atoms with Crippen LogP contribution in [0.1, 0.15) is 5.56 Å². The van der Waals surface area contributed by atoms with Crippen LogP contribution >= 0.6 is 11.8 Å². The average Bonchev–Trinajstić information content (AvgIpc) is 2.75. The van der Waals surface area contributed by atoms with Gasteiger partial charge in [-0.1, -0.05) is 48.2 Å². The Hall–Kier alpha value is -3.78. The Morgan fingerprint density at radius 3 is 2.14 bits per heavy atom. The van der Waals surface area contributed by atoms with Gasteiger partial charge in [-0.25, -0.2) is 0 Å². The van der Waals surface area contributed by atoms with Crippen LogP contribution in [0.15, 0.2) is 92.8 Å². The summed E-state index contributed by atoms with van der Waals surface area (Å²) < 4.78 is 0. The van der Waals surface area contributed by atoms with Gasteiger partial charge in [-0.3, -0.25) is 19.8 Å². The quantitative estimate of drug-likeness (QED) is 0.355. The SMILES string of the molecule is O=C(/C=N/N=C/c1ccccc1[N+](=O)[O-])N1c2ccccc2Sc2ccccc21. The molecule has 1 heterocycles. The van der Waals surface area contributed by atoms with Crippen molar-refractivity contribution in [2.45, 2.75) is 9.79 Å². The Morgan fingerprint density at radius 1 is 0.897 bits per heavy atom. The molecule has 0 unspecified atom stereocenters. The predicted molar refractivity (Wildman–Crippen MR) is 113 cm³/mol. The van der Waals surface area contributed by atoms with Crippen molar-refractivity contribution in [2.75, 3.05) is 4.90 Å². The number of amides is 1. The Labute approximate surface area is 170 Å². The number of benzene rings is 3. The largest absolute Gasteiger partial charge is 0.278 e. The van der Waals surface area contributed by atoms with Crippen LogP contribution in [0.2, 0.25) is 0 Å². The smallest absolute Gasteiger partial charge is 0.274 e. The van der Waals surface area contributed by atoms with Crippen LogP contribution in [0.3, 0.4) is 0 Å². The van der Waals surface area contributed by atoms with E-state index in [2.05, 4.69) is 10.2 Å². The highest BCUT2D eigenvalue weighted by Gasteiger charge is 2.26. The molecule has 0 atom stereocenters. The Bertz CT molecular complexity index is 1110. The monoisotopic (exact) mass is 402 g/mol. The lowest BCUT2D eigenvalue weighted by molar-refractivity contribution is -0.385. The van der Waals surface area contributed by atoms with Gasteiger partial charge in [0.2, 0.25) is 0 Å². The van der Waals surface area contributed by atoms with Crippen molar-refractivity contribution in [3.63, 3.8) is 0 Å². The van der Waals surface area contributed by atoms with Gasteiger partial charge in [0, 0.05) is 15.9 Å². The standard InChI is InChI=1S/C21H14N4O3S/c26-21(14-23-22-13-15-7-1-2-8-16(15)25(27)28)24-17-9-3-5-11-19(17)29-20-12-6-4-10-18(20)24/h1-14H/b22-13+,23-14+. The highest BCUT2D eigenvalue weighted by molar-refractivity contribution is 7.99. The minimum atomic E-state index is -0.491. The van der Waals surface area contributed by atoms with E-state index in [0.717, 1.165) is 27.4 Å². The third-order valence-corrected chi connectivity index (χ3v) is 5.35. The summed E-state index contributed by atoms with van der Waals surface area (Å²) in [5, 5.41) is 18.7. The van der Waals surface area contributed by atoms with E-state index >= 15 is 0 Å². The second-order valence-electron chi connectivity index (χ2n) is 6.02. The first-order valence-electron chi connectivity index (χ1n) is 8.65. The van der Waals surface area contributed by atoms with Crippen LogP contribution in [0, 0.1) is 10.1 Å². The maximum absolute atomic E-state index is 12.9. The molecule has 0 fully saturated rings. The van der Waals surface area contributed by atoms with E-state index in [4.69, 9.17) is 0 Å². The lowest BCUT2D eigenvalue weighted by atomic mass is 10.2. The van der Waals surface area contributed by atoms with E-state index < -0.39 is 4.92 Å². The minimum Gasteiger partial charge on any atom is -0.274 e. The number of anilines is 2. The zero-order valence-electron chi connectivity index (χ0n) is 15.0. The number of nitro groups is 1. The van der Waals surface area contributed by atoms with Crippen LogP contribution in [0.4, 0.5) is 17.1 Å². The van der Waals surface area contributed by atoms with Crippen molar-refractivity contribution in [3.8, 4) is 0 Å². The topological polar surface area (TPSA) is 88.2 Å². The van der Waals surface area contributed by atoms with Gasteiger partial charge in [-0.15, -0.1) is 0 Å². The number of para-hydroxylation sites is 3. The van der Waals surface area contributed by atoms with Crippen LogP contribution in [0.5, 0.6) is 0 Å². The Balaban J connectivity index is 1.60. The fraction of sp³-hybridized carbons (Fsp3) is 0. The molecular weight excluding hydrogens is 388 g/mol. The molecule has 8 heteroatoms. The summed E-state index contributed by atoms with van der Waals surface area (Å²) in [6.07, 6.45) is 2.37. The number of fused-ring (bicyclic) bond motifs is 2. The molecule has 0 saturated heterocycles. The van der Waals surface area contributed by atoms with Crippen LogP contribution in [-0.4, -0.2) is 23.3 Å². The lowest BCUT2D eigenvalue weighted by Gasteiger charge is -2.29. The molecule has 3 aromatic rings. The second-order valence-corrected chi connectivity index (χ2v) is 7.10. The van der Waals surface area contributed by atoms with Crippen LogP contribution < -0.4 is 4.90 Å². The normalized spacial score (nSPS) is 12.8. The molecule has 1 aliphatic rings. The summed E-state index contributed by atoms with van der Waals surface area (Å²) in [5.41, 5.74) is 1.78. The van der Waals surface area contributed by atoms with Crippen molar-refractivity contribution in [1.82, 2.24) is 0 Å². The Morgan fingerprint density at radius 2 is 1.48 bits per heavy atom. The highest BCUT2D eigenvalue weighted by Crippen LogP contribution is 2.47. The van der Waals surface area contributed by atoms with Gasteiger partial charge in [-0.2, -0.15) is 10.2 Å². The summed E-state index contributed by atoms with van der Waals surface area (Å²) in [7, 11) is 0. The van der Waals surface area contributed by atoms with Gasteiger partial charge < -0.3 is 0 Å². The zero-order chi connectivity index (χ0) is 20.2. The van der Waals surface area contributed by atoms with Crippen molar-refractivity contribution >= 4 is 47.2 Å². The number of hydrogen-bond acceptors (Lipinski definition) is 6. The molecule has 1 amide bonds. The highest BCUT2D eigenvalue weighted by atomic mass is 32.2. The molecule has 0 bridgehead atoms. The fourth-order valence-electron chi connectivity index (χ4n) is 2.94. The summed E-state index contributed by atoms with van der Waals surface area (Å²) in [5.74, 6) is -0.357. The molecule has 1 aliphatic heterocycles. The van der Waals surface area contributed by atoms with E-state index in [9.17, 15) is 14.9 Å². The molecule has 142 valence electrons. The molecule has 4 rings (SSSR count). The maximum Gasteiger partial charge on any atom is 0.278 e. The molecule has 0 radical (unpaired) electrons. The third-order valence-electron chi connectivity index (χ3n) is 4.22. The summed E-state index contributed by atoms with van der Waals surface area (Å²) >= 11 is 1.60. The first-order valence-corrected chi connectivity index (χ1v) is 9.46. The molecule has 29 heavy (non-hydrogen) atoms. The molecule has 7 nitrogen and oxygen atoms in total. The third kappa shape index (κ3) is 3.78.